The summed E-state index contributed by atoms with van der Waals surface area (Å²) in [4.78, 5) is 0. The second kappa shape index (κ2) is 6.85. The van der Waals surface area contributed by atoms with E-state index in [2.05, 4.69) is 19.2 Å². The van der Waals surface area contributed by atoms with E-state index < -0.39 is 0 Å². The molecule has 0 aliphatic heterocycles. The second-order valence-corrected chi connectivity index (χ2v) is 5.65. The first-order chi connectivity index (χ1) is 9.67. The molecule has 2 aromatic rings. The summed E-state index contributed by atoms with van der Waals surface area (Å²) in [5.74, 6) is 0.530. The normalized spacial score (nSPS) is 14.4. The first kappa shape index (κ1) is 15.0. The second-order valence-electron chi connectivity index (χ2n) is 5.65. The highest BCUT2D eigenvalue weighted by molar-refractivity contribution is 5.86. The molecule has 2 heteroatoms. The van der Waals surface area contributed by atoms with Crippen molar-refractivity contribution >= 4 is 10.8 Å². The summed E-state index contributed by atoms with van der Waals surface area (Å²) in [6.45, 7) is 4.51. The monoisotopic (exact) mass is 273 g/mol. The van der Waals surface area contributed by atoms with Crippen LogP contribution >= 0.6 is 0 Å². The van der Waals surface area contributed by atoms with Crippen molar-refractivity contribution < 1.29 is 4.39 Å². The van der Waals surface area contributed by atoms with Gasteiger partial charge in [0.05, 0.1) is 0 Å². The van der Waals surface area contributed by atoms with E-state index in [4.69, 9.17) is 0 Å². The van der Waals surface area contributed by atoms with E-state index in [0.29, 0.717) is 11.3 Å². The molecule has 2 atom stereocenters. The third-order valence-electron chi connectivity index (χ3n) is 4.05. The minimum atomic E-state index is -0.138. The van der Waals surface area contributed by atoms with Gasteiger partial charge in [0, 0.05) is 11.4 Å². The minimum absolute atomic E-state index is 0.138. The van der Waals surface area contributed by atoms with Gasteiger partial charge in [0.1, 0.15) is 5.82 Å². The lowest BCUT2D eigenvalue weighted by atomic mass is 9.90. The van der Waals surface area contributed by atoms with Crippen LogP contribution in [0.2, 0.25) is 0 Å². The number of hydrogen-bond donors (Lipinski definition) is 1. The highest BCUT2D eigenvalue weighted by Gasteiger charge is 2.16. The van der Waals surface area contributed by atoms with E-state index >= 15 is 0 Å². The number of fused-ring (bicyclic) bond motifs is 1. The first-order valence-corrected chi connectivity index (χ1v) is 7.51. The number of rotatable bonds is 6. The van der Waals surface area contributed by atoms with Crippen LogP contribution in [0.15, 0.2) is 36.4 Å². The van der Waals surface area contributed by atoms with Gasteiger partial charge in [-0.3, -0.25) is 0 Å². The van der Waals surface area contributed by atoms with Crippen LogP contribution in [0.1, 0.15) is 44.7 Å². The van der Waals surface area contributed by atoms with Gasteiger partial charge >= 0.3 is 0 Å². The molecule has 1 nitrogen and oxygen atoms in total. The molecule has 2 unspecified atom stereocenters. The molecule has 0 amide bonds. The lowest BCUT2D eigenvalue weighted by Gasteiger charge is -2.22. The third kappa shape index (κ3) is 3.18. The minimum Gasteiger partial charge on any atom is -0.313 e. The molecule has 0 aromatic heterocycles. The van der Waals surface area contributed by atoms with Crippen molar-refractivity contribution in [1.82, 2.24) is 5.32 Å². The fraction of sp³-hybridized carbons (Fsp3) is 0.444. The van der Waals surface area contributed by atoms with E-state index in [1.165, 1.54) is 18.4 Å². The summed E-state index contributed by atoms with van der Waals surface area (Å²) in [5, 5.41) is 5.14. The van der Waals surface area contributed by atoms with E-state index in [9.17, 15) is 4.39 Å². The molecule has 108 valence electrons. The number of halogens is 1. The maximum atomic E-state index is 13.9. The molecule has 0 fully saturated rings. The standard InChI is InChI=1S/C18H24FN/c1-4-7-13(2)12-18(20-3)16-10-11-17(19)15-9-6-5-8-14(15)16/h5-6,8-11,13,18,20H,4,7,12H2,1-3H3. The Morgan fingerprint density at radius 1 is 1.10 bits per heavy atom. The first-order valence-electron chi connectivity index (χ1n) is 7.51. The van der Waals surface area contributed by atoms with Gasteiger partial charge in [-0.1, -0.05) is 57.0 Å². The molecule has 0 bridgehead atoms. The van der Waals surface area contributed by atoms with Crippen molar-refractivity contribution in [3.05, 3.63) is 47.8 Å². The predicted octanol–water partition coefficient (Wildman–Crippen LogP) is 5.07. The molecule has 20 heavy (non-hydrogen) atoms. The number of hydrogen-bond acceptors (Lipinski definition) is 1. The Morgan fingerprint density at radius 2 is 1.80 bits per heavy atom. The summed E-state index contributed by atoms with van der Waals surface area (Å²) < 4.78 is 13.9. The SMILES string of the molecule is CCCC(C)CC(NC)c1ccc(F)c2ccccc12. The van der Waals surface area contributed by atoms with Gasteiger partial charge in [0.2, 0.25) is 0 Å². The molecule has 0 saturated heterocycles. The van der Waals surface area contributed by atoms with Gasteiger partial charge in [-0.25, -0.2) is 4.39 Å². The molecule has 0 radical (unpaired) electrons. The van der Waals surface area contributed by atoms with Crippen molar-refractivity contribution in [3.8, 4) is 0 Å². The zero-order chi connectivity index (χ0) is 14.5. The van der Waals surface area contributed by atoms with Crippen molar-refractivity contribution in [2.45, 2.75) is 39.2 Å². The van der Waals surface area contributed by atoms with E-state index in [-0.39, 0.29) is 11.9 Å². The van der Waals surface area contributed by atoms with Crippen LogP contribution in [0.3, 0.4) is 0 Å². The Kier molecular flexibility index (Phi) is 5.13. The fourth-order valence-electron chi connectivity index (χ4n) is 3.00. The van der Waals surface area contributed by atoms with E-state index in [1.54, 1.807) is 6.07 Å². The quantitative estimate of drug-likeness (QED) is 0.775. The smallest absolute Gasteiger partial charge is 0.131 e. The van der Waals surface area contributed by atoms with Crippen molar-refractivity contribution in [1.29, 1.82) is 0 Å². The zero-order valence-electron chi connectivity index (χ0n) is 12.6. The molecule has 2 rings (SSSR count). The molecule has 0 spiro atoms. The molecule has 0 aliphatic rings. The van der Waals surface area contributed by atoms with Gasteiger partial charge < -0.3 is 5.32 Å². The number of nitrogens with one attached hydrogen (secondary N) is 1. The van der Waals surface area contributed by atoms with Gasteiger partial charge in [-0.2, -0.15) is 0 Å². The van der Waals surface area contributed by atoms with Crippen molar-refractivity contribution in [2.75, 3.05) is 7.05 Å². The Hall–Kier alpha value is -1.41. The third-order valence-corrected chi connectivity index (χ3v) is 4.05. The largest absolute Gasteiger partial charge is 0.313 e. The molecular formula is C18H24FN. The Balaban J connectivity index is 2.37. The summed E-state index contributed by atoms with van der Waals surface area (Å²) in [5.41, 5.74) is 1.20. The van der Waals surface area contributed by atoms with Crippen LogP contribution in [0, 0.1) is 11.7 Å². The van der Waals surface area contributed by atoms with E-state index in [1.807, 2.05) is 37.4 Å². The van der Waals surface area contributed by atoms with Gasteiger partial charge in [-0.05, 0) is 36.4 Å². The van der Waals surface area contributed by atoms with Crippen LogP contribution in [-0.4, -0.2) is 7.05 Å². The maximum Gasteiger partial charge on any atom is 0.131 e. The maximum absolute atomic E-state index is 13.9. The summed E-state index contributed by atoms with van der Waals surface area (Å²) in [7, 11) is 1.99. The summed E-state index contributed by atoms with van der Waals surface area (Å²) in [6, 6.07) is 11.5. The molecule has 0 aliphatic carbocycles. The van der Waals surface area contributed by atoms with E-state index in [0.717, 1.165) is 11.8 Å². The zero-order valence-corrected chi connectivity index (χ0v) is 12.6. The summed E-state index contributed by atoms with van der Waals surface area (Å²) >= 11 is 0. The van der Waals surface area contributed by atoms with Crippen LogP contribution < -0.4 is 5.32 Å². The van der Waals surface area contributed by atoms with Gasteiger partial charge in [0.25, 0.3) is 0 Å². The highest BCUT2D eigenvalue weighted by atomic mass is 19.1. The Labute approximate surface area is 121 Å². The van der Waals surface area contributed by atoms with Crippen LogP contribution in [0.25, 0.3) is 10.8 Å². The highest BCUT2D eigenvalue weighted by Crippen LogP contribution is 2.30. The molecular weight excluding hydrogens is 249 g/mol. The topological polar surface area (TPSA) is 12.0 Å². The van der Waals surface area contributed by atoms with Crippen LogP contribution in [0.5, 0.6) is 0 Å². The fourth-order valence-corrected chi connectivity index (χ4v) is 3.00. The molecule has 0 heterocycles. The van der Waals surface area contributed by atoms with Crippen LogP contribution in [0.4, 0.5) is 4.39 Å². The molecule has 2 aromatic carbocycles. The average molecular weight is 273 g/mol. The number of benzene rings is 2. The van der Waals surface area contributed by atoms with Crippen molar-refractivity contribution in [2.24, 2.45) is 5.92 Å². The predicted molar refractivity (Wildman–Crippen MR) is 84.4 cm³/mol. The van der Waals surface area contributed by atoms with Crippen molar-refractivity contribution in [3.63, 3.8) is 0 Å². The van der Waals surface area contributed by atoms with Crippen LogP contribution in [-0.2, 0) is 0 Å². The lowest BCUT2D eigenvalue weighted by Crippen LogP contribution is -2.19. The Bertz CT molecular complexity index is 564. The average Bonchev–Trinajstić information content (AvgIpc) is 2.46. The Morgan fingerprint density at radius 3 is 2.45 bits per heavy atom. The van der Waals surface area contributed by atoms with Gasteiger partial charge in [-0.15, -0.1) is 0 Å². The lowest BCUT2D eigenvalue weighted by molar-refractivity contribution is 0.408. The molecule has 1 N–H and O–H groups in total. The van der Waals surface area contributed by atoms with Gasteiger partial charge in [0.15, 0.2) is 0 Å². The summed E-state index contributed by atoms with van der Waals surface area (Å²) in [6.07, 6.45) is 3.53. The molecule has 0 saturated carbocycles.